The van der Waals surface area contributed by atoms with Crippen molar-refractivity contribution in [3.8, 4) is 11.5 Å². The van der Waals surface area contributed by atoms with Crippen molar-refractivity contribution >= 4 is 29.3 Å². The van der Waals surface area contributed by atoms with Crippen LogP contribution in [0.1, 0.15) is 32.1 Å². The maximum atomic E-state index is 12.1. The third kappa shape index (κ3) is 3.51. The van der Waals surface area contributed by atoms with Crippen molar-refractivity contribution in [2.24, 2.45) is 0 Å². The third-order valence-corrected chi connectivity index (χ3v) is 5.10. The number of hydrogen-bond acceptors (Lipinski definition) is 7. The van der Waals surface area contributed by atoms with E-state index in [-0.39, 0.29) is 17.6 Å². The number of thioether (sulfide) groups is 1. The number of nitrogens with zero attached hydrogens (tertiary/aromatic N) is 2. The van der Waals surface area contributed by atoms with Gasteiger partial charge in [0, 0.05) is 24.6 Å². The molecule has 2 aliphatic rings. The predicted octanol–water partition coefficient (Wildman–Crippen LogP) is 2.55. The van der Waals surface area contributed by atoms with Crippen molar-refractivity contribution < 1.29 is 14.3 Å². The molecule has 2 heterocycles. The first-order valence-electron chi connectivity index (χ1n) is 8.25. The molecule has 4 rings (SSSR count). The smallest absolute Gasteiger partial charge is 0.251 e. The molecule has 0 unspecified atom stereocenters. The lowest BCUT2D eigenvalue weighted by Crippen LogP contribution is -2.40. The molecule has 9 heteroatoms. The first kappa shape index (κ1) is 16.1. The molecule has 1 saturated carbocycles. The Labute approximate surface area is 148 Å². The first-order valence-corrected chi connectivity index (χ1v) is 9.23. The van der Waals surface area contributed by atoms with E-state index in [2.05, 4.69) is 20.5 Å². The quantitative estimate of drug-likeness (QED) is 0.717. The van der Waals surface area contributed by atoms with E-state index in [0.717, 1.165) is 31.4 Å². The summed E-state index contributed by atoms with van der Waals surface area (Å²) in [6.45, 7) is 0. The van der Waals surface area contributed by atoms with Crippen molar-refractivity contribution in [2.75, 3.05) is 16.8 Å². The van der Waals surface area contributed by atoms with Gasteiger partial charge in [0.2, 0.25) is 17.0 Å². The highest BCUT2D eigenvalue weighted by atomic mass is 32.2. The van der Waals surface area contributed by atoms with Crippen LogP contribution in [-0.2, 0) is 4.79 Å². The highest BCUT2D eigenvalue weighted by Gasteiger charge is 2.42. The Morgan fingerprint density at radius 3 is 2.84 bits per heavy atom. The van der Waals surface area contributed by atoms with Crippen LogP contribution in [0.25, 0.3) is 0 Å². The maximum absolute atomic E-state index is 12.1. The monoisotopic (exact) mass is 361 g/mol. The molecule has 0 bridgehead atoms. The molecule has 132 valence electrons. The molecule has 1 amide bonds. The highest BCUT2D eigenvalue weighted by Crippen LogP contribution is 2.46. The number of nitrogens with two attached hydrogens (primary N) is 1. The van der Waals surface area contributed by atoms with Crippen LogP contribution in [-0.4, -0.2) is 32.6 Å². The van der Waals surface area contributed by atoms with Crippen LogP contribution >= 0.6 is 11.8 Å². The number of aromatic nitrogens is 3. The lowest BCUT2D eigenvalue weighted by atomic mass is 9.94. The second-order valence-corrected chi connectivity index (χ2v) is 7.12. The van der Waals surface area contributed by atoms with Gasteiger partial charge in [-0.3, -0.25) is 4.79 Å². The Morgan fingerprint density at radius 2 is 2.08 bits per heavy atom. The molecule has 1 spiro atoms. The first-order chi connectivity index (χ1) is 12.1. The number of fused-ring (bicyclic) bond motifs is 1. The molecule has 25 heavy (non-hydrogen) atoms. The Balaban J connectivity index is 1.36. The van der Waals surface area contributed by atoms with Gasteiger partial charge in [0.1, 0.15) is 0 Å². The molecular formula is C16H19N5O3S. The van der Waals surface area contributed by atoms with Crippen LogP contribution in [0.2, 0.25) is 0 Å². The summed E-state index contributed by atoms with van der Waals surface area (Å²) < 4.78 is 12.1. The summed E-state index contributed by atoms with van der Waals surface area (Å²) in [4.78, 5) is 16.0. The molecule has 1 aliphatic heterocycles. The fourth-order valence-electron chi connectivity index (χ4n) is 3.12. The van der Waals surface area contributed by atoms with Crippen LogP contribution < -0.4 is 20.5 Å². The second kappa shape index (κ2) is 6.47. The summed E-state index contributed by atoms with van der Waals surface area (Å²) in [6, 6.07) is 5.47. The molecular weight excluding hydrogens is 342 g/mol. The second-order valence-electron chi connectivity index (χ2n) is 6.18. The van der Waals surface area contributed by atoms with Gasteiger partial charge in [0.05, 0.1) is 5.75 Å². The lowest BCUT2D eigenvalue weighted by molar-refractivity contribution is -0.113. The van der Waals surface area contributed by atoms with Crippen LogP contribution in [0, 0.1) is 0 Å². The topological polar surface area (TPSA) is 115 Å². The Hall–Kier alpha value is -2.42. The van der Waals surface area contributed by atoms with Crippen LogP contribution in [0.5, 0.6) is 11.5 Å². The van der Waals surface area contributed by atoms with Crippen molar-refractivity contribution in [1.82, 2.24) is 15.2 Å². The molecule has 4 N–H and O–H groups in total. The van der Waals surface area contributed by atoms with Crippen molar-refractivity contribution in [3.05, 3.63) is 18.2 Å². The van der Waals surface area contributed by atoms with E-state index in [4.69, 9.17) is 15.2 Å². The van der Waals surface area contributed by atoms with Gasteiger partial charge in [-0.15, -0.1) is 5.10 Å². The van der Waals surface area contributed by atoms with Gasteiger partial charge < -0.3 is 20.5 Å². The minimum atomic E-state index is -0.509. The SMILES string of the molecule is Nc1nc(SCC(=O)Nc2ccc3c(c2)OC2(CCCCC2)O3)n[nH]1. The largest absolute Gasteiger partial charge is 0.448 e. The molecule has 8 nitrogen and oxygen atoms in total. The number of carbonyl (C=O) groups excluding carboxylic acids is 1. The summed E-state index contributed by atoms with van der Waals surface area (Å²) in [7, 11) is 0. The summed E-state index contributed by atoms with van der Waals surface area (Å²) in [6.07, 6.45) is 5.25. The zero-order valence-electron chi connectivity index (χ0n) is 13.6. The van der Waals surface area contributed by atoms with E-state index in [9.17, 15) is 4.79 Å². The van der Waals surface area contributed by atoms with Crippen LogP contribution in [0.4, 0.5) is 11.6 Å². The minimum absolute atomic E-state index is 0.153. The number of carbonyl (C=O) groups is 1. The summed E-state index contributed by atoms with van der Waals surface area (Å²) >= 11 is 1.21. The molecule has 2 aromatic rings. The number of ether oxygens (including phenoxy) is 2. The van der Waals surface area contributed by atoms with E-state index >= 15 is 0 Å². The van der Waals surface area contributed by atoms with Crippen LogP contribution in [0.15, 0.2) is 23.4 Å². The molecule has 1 aromatic heterocycles. The van der Waals surface area contributed by atoms with E-state index in [1.807, 2.05) is 18.2 Å². The van der Waals surface area contributed by atoms with Gasteiger partial charge in [-0.05, 0) is 25.0 Å². The number of H-pyrrole nitrogens is 1. The number of aromatic amines is 1. The third-order valence-electron chi connectivity index (χ3n) is 4.25. The van der Waals surface area contributed by atoms with E-state index < -0.39 is 5.79 Å². The Bertz CT molecular complexity index is 788. The normalized spacial score (nSPS) is 17.6. The standard InChI is InChI=1S/C16H19N5O3S/c17-14-19-15(21-20-14)25-9-13(22)18-10-4-5-11-12(8-10)24-16(23-11)6-2-1-3-7-16/h4-5,8H,1-3,6-7,9H2,(H,18,22)(H3,17,19,20,21). The number of amides is 1. The van der Waals surface area contributed by atoms with Gasteiger partial charge >= 0.3 is 0 Å². The predicted molar refractivity (Wildman–Crippen MR) is 93.7 cm³/mol. The zero-order chi connectivity index (χ0) is 17.3. The van der Waals surface area contributed by atoms with Crippen molar-refractivity contribution in [2.45, 2.75) is 43.0 Å². The number of nitrogens with one attached hydrogen (secondary N) is 2. The maximum Gasteiger partial charge on any atom is 0.251 e. The molecule has 0 atom stereocenters. The van der Waals surface area contributed by atoms with Gasteiger partial charge in [-0.2, -0.15) is 4.98 Å². The fourth-order valence-corrected chi connectivity index (χ4v) is 3.72. The number of benzene rings is 1. The summed E-state index contributed by atoms with van der Waals surface area (Å²) in [5.74, 6) is 1.19. The number of nitrogen functional groups attached to an aromatic ring is 1. The number of rotatable bonds is 4. The van der Waals surface area contributed by atoms with Gasteiger partial charge in [-0.25, -0.2) is 5.10 Å². The molecule has 1 aliphatic carbocycles. The Kier molecular flexibility index (Phi) is 4.16. The van der Waals surface area contributed by atoms with E-state index in [1.165, 1.54) is 18.2 Å². The summed E-state index contributed by atoms with van der Waals surface area (Å²) in [5.41, 5.74) is 6.13. The van der Waals surface area contributed by atoms with Crippen molar-refractivity contribution in [3.63, 3.8) is 0 Å². The zero-order valence-corrected chi connectivity index (χ0v) is 14.4. The lowest BCUT2D eigenvalue weighted by Gasteiger charge is -2.31. The number of anilines is 2. The molecule has 0 saturated heterocycles. The van der Waals surface area contributed by atoms with Gasteiger partial charge in [0.25, 0.3) is 5.79 Å². The van der Waals surface area contributed by atoms with Crippen molar-refractivity contribution in [1.29, 1.82) is 0 Å². The van der Waals surface area contributed by atoms with Gasteiger partial charge in [-0.1, -0.05) is 18.2 Å². The molecule has 1 fully saturated rings. The fraction of sp³-hybridized carbons (Fsp3) is 0.438. The van der Waals surface area contributed by atoms with Gasteiger partial charge in [0.15, 0.2) is 11.5 Å². The Morgan fingerprint density at radius 1 is 1.28 bits per heavy atom. The summed E-state index contributed by atoms with van der Waals surface area (Å²) in [5, 5.41) is 9.70. The highest BCUT2D eigenvalue weighted by molar-refractivity contribution is 7.99. The average molecular weight is 361 g/mol. The van der Waals surface area contributed by atoms with E-state index in [1.54, 1.807) is 0 Å². The molecule has 1 aromatic carbocycles. The minimum Gasteiger partial charge on any atom is -0.448 e. The average Bonchev–Trinajstić information content (AvgIpc) is 3.16. The molecule has 0 radical (unpaired) electrons. The van der Waals surface area contributed by atoms with E-state index in [0.29, 0.717) is 16.6 Å². The number of hydrogen-bond donors (Lipinski definition) is 3. The van der Waals surface area contributed by atoms with Crippen LogP contribution in [0.3, 0.4) is 0 Å².